The van der Waals surface area contributed by atoms with E-state index in [1.165, 1.54) is 18.2 Å². The molecule has 0 aliphatic heterocycles. The van der Waals surface area contributed by atoms with E-state index in [1.54, 1.807) is 36.4 Å². The maximum Gasteiger partial charge on any atom is 0.349 e. The zero-order chi connectivity index (χ0) is 18.9. The van der Waals surface area contributed by atoms with Crippen LogP contribution in [-0.4, -0.2) is 15.7 Å². The van der Waals surface area contributed by atoms with Crippen molar-refractivity contribution in [2.45, 2.75) is 5.66 Å². The first-order valence-electron chi connectivity index (χ1n) is 7.24. The third kappa shape index (κ3) is 3.30. The summed E-state index contributed by atoms with van der Waals surface area (Å²) in [6, 6.07) is 14.6. The van der Waals surface area contributed by atoms with Crippen molar-refractivity contribution in [3.63, 3.8) is 0 Å². The Morgan fingerprint density at radius 1 is 1.19 bits per heavy atom. The highest BCUT2D eigenvalue weighted by molar-refractivity contribution is 7.46. The van der Waals surface area contributed by atoms with Crippen molar-refractivity contribution in [3.05, 3.63) is 64.5 Å². The number of carbonyl (C=O) groups is 1. The lowest BCUT2D eigenvalue weighted by molar-refractivity contribution is 0.0770. The van der Waals surface area contributed by atoms with Crippen LogP contribution >= 0.6 is 19.7 Å². The highest BCUT2D eigenvalue weighted by Crippen LogP contribution is 2.56. The molecule has 1 aromatic heterocycles. The van der Waals surface area contributed by atoms with Crippen LogP contribution in [0.1, 0.15) is 20.8 Å². The van der Waals surface area contributed by atoms with E-state index in [4.69, 9.17) is 9.79 Å². The topological polar surface area (TPSA) is 93.3 Å². The molecule has 0 aliphatic rings. The Morgan fingerprint density at radius 3 is 2.50 bits per heavy atom. The van der Waals surface area contributed by atoms with Crippen LogP contribution in [0.3, 0.4) is 0 Å². The number of rotatable bonds is 4. The minimum atomic E-state index is -3.92. The van der Waals surface area contributed by atoms with Crippen LogP contribution in [-0.2, 0) is 5.66 Å². The molecule has 9 heteroatoms. The van der Waals surface area contributed by atoms with Gasteiger partial charge in [-0.3, -0.25) is 4.79 Å². The predicted molar refractivity (Wildman–Crippen MR) is 96.2 cm³/mol. The first kappa shape index (κ1) is 18.4. The minimum absolute atomic E-state index is 0.171. The largest absolute Gasteiger partial charge is 0.349 e. The van der Waals surface area contributed by atoms with Gasteiger partial charge in [0.1, 0.15) is 10.9 Å². The molecule has 0 unspecified atom stereocenters. The van der Waals surface area contributed by atoms with Crippen LogP contribution in [0.2, 0.25) is 0 Å². The Morgan fingerprint density at radius 2 is 1.88 bits per heavy atom. The zero-order valence-corrected chi connectivity index (χ0v) is 14.7. The predicted octanol–water partition coefficient (Wildman–Crippen LogP) is 4.37. The lowest BCUT2D eigenvalue weighted by atomic mass is 10.1. The number of fused-ring (bicyclic) bond motifs is 1. The Bertz CT molecular complexity index is 1020. The number of alkyl halides is 2. The highest BCUT2D eigenvalue weighted by atomic mass is 32.1. The molecular formula is C17H11F2N2O3PS. The Kier molecular flexibility index (Phi) is 4.99. The minimum Gasteiger partial charge on any atom is -0.346 e. The van der Waals surface area contributed by atoms with Gasteiger partial charge in [0.15, 0.2) is 0 Å². The lowest BCUT2D eigenvalue weighted by Gasteiger charge is -2.15. The number of nitrogens with zero attached hydrogens (tertiary/aromatic N) is 1. The van der Waals surface area contributed by atoms with E-state index in [2.05, 4.69) is 5.32 Å². The molecule has 0 spiro atoms. The molecule has 1 amide bonds. The number of halogens is 2. The number of anilines is 1. The van der Waals surface area contributed by atoms with E-state index in [1.807, 2.05) is 0 Å². The first-order chi connectivity index (χ1) is 12.3. The molecule has 5 nitrogen and oxygen atoms in total. The van der Waals surface area contributed by atoms with Gasteiger partial charge in [0.05, 0.1) is 5.56 Å². The van der Waals surface area contributed by atoms with Crippen LogP contribution in [0.4, 0.5) is 14.5 Å². The summed E-state index contributed by atoms with van der Waals surface area (Å²) in [5, 5.41) is 12.1. The maximum absolute atomic E-state index is 14.0. The van der Waals surface area contributed by atoms with Gasteiger partial charge in [0.2, 0.25) is 8.38 Å². The number of amides is 1. The van der Waals surface area contributed by atoms with Crippen molar-refractivity contribution in [2.24, 2.45) is 0 Å². The van der Waals surface area contributed by atoms with Crippen LogP contribution < -0.4 is 5.32 Å². The Balaban J connectivity index is 2.04. The number of hydrogen-bond acceptors (Lipinski definition) is 5. The van der Waals surface area contributed by atoms with Gasteiger partial charge in [-0.25, -0.2) is 0 Å². The lowest BCUT2D eigenvalue weighted by Crippen LogP contribution is -2.11. The highest BCUT2D eigenvalue weighted by Gasteiger charge is 2.45. The van der Waals surface area contributed by atoms with Crippen molar-refractivity contribution in [3.8, 4) is 6.07 Å². The molecule has 3 aromatic rings. The van der Waals surface area contributed by atoms with Gasteiger partial charge >= 0.3 is 5.66 Å². The van der Waals surface area contributed by atoms with Crippen LogP contribution in [0, 0.1) is 11.3 Å². The number of nitriles is 1. The Hall–Kier alpha value is -2.43. The number of benzene rings is 2. The van der Waals surface area contributed by atoms with Gasteiger partial charge in [-0.05, 0) is 30.3 Å². The van der Waals surface area contributed by atoms with Gasteiger partial charge in [0.25, 0.3) is 5.91 Å². The normalized spacial score (nSPS) is 11.5. The second kappa shape index (κ2) is 7.06. The summed E-state index contributed by atoms with van der Waals surface area (Å²) in [7, 11) is -3.59. The summed E-state index contributed by atoms with van der Waals surface area (Å²) in [6.45, 7) is 0. The molecule has 1 heterocycles. The van der Waals surface area contributed by atoms with Crippen LogP contribution in [0.15, 0.2) is 48.5 Å². The molecular weight excluding hydrogens is 381 g/mol. The molecule has 0 saturated heterocycles. The summed E-state index contributed by atoms with van der Waals surface area (Å²) >= 11 is 0.600. The third-order valence-electron chi connectivity index (χ3n) is 3.62. The molecule has 132 valence electrons. The summed E-state index contributed by atoms with van der Waals surface area (Å²) < 4.78 is 28.4. The maximum atomic E-state index is 14.0. The zero-order valence-electron chi connectivity index (χ0n) is 13.0. The van der Waals surface area contributed by atoms with E-state index < -0.39 is 24.8 Å². The summed E-state index contributed by atoms with van der Waals surface area (Å²) in [6.07, 6.45) is 0. The molecule has 0 bridgehead atoms. The van der Waals surface area contributed by atoms with Gasteiger partial charge in [0, 0.05) is 21.3 Å². The van der Waals surface area contributed by atoms with E-state index in [9.17, 15) is 18.8 Å². The molecule has 3 N–H and O–H groups in total. The second-order valence-electron chi connectivity index (χ2n) is 5.28. The van der Waals surface area contributed by atoms with Gasteiger partial charge in [-0.2, -0.15) is 14.0 Å². The average molecular weight is 392 g/mol. The molecule has 0 saturated carbocycles. The standard InChI is InChI=1S/C17H11F2N2O3PS/c18-17(19,25(23)24)15-13(9-20)12-8-10(6-7-14(12)26-15)16(22)21-11-4-2-1-3-5-11/h1-8,23-24H,(H,21,22). The molecule has 0 fully saturated rings. The molecule has 0 atom stereocenters. The van der Waals surface area contributed by atoms with Crippen molar-refractivity contribution in [1.29, 1.82) is 5.26 Å². The van der Waals surface area contributed by atoms with Crippen LogP contribution in [0.25, 0.3) is 10.1 Å². The van der Waals surface area contributed by atoms with E-state index in [0.29, 0.717) is 21.7 Å². The molecule has 0 aliphatic carbocycles. The molecule has 2 aromatic carbocycles. The summed E-state index contributed by atoms with van der Waals surface area (Å²) in [4.78, 5) is 29.6. The fourth-order valence-electron chi connectivity index (χ4n) is 2.38. The fraction of sp³-hybridized carbons (Fsp3) is 0.0588. The van der Waals surface area contributed by atoms with E-state index in [0.717, 1.165) is 0 Å². The molecule has 0 radical (unpaired) electrons. The smallest absolute Gasteiger partial charge is 0.346 e. The Labute approximate surface area is 152 Å². The van der Waals surface area contributed by atoms with Crippen LogP contribution in [0.5, 0.6) is 0 Å². The van der Waals surface area contributed by atoms with Crippen molar-refractivity contribution < 1.29 is 23.4 Å². The van der Waals surface area contributed by atoms with Gasteiger partial charge < -0.3 is 15.1 Å². The average Bonchev–Trinajstić information content (AvgIpc) is 3.00. The van der Waals surface area contributed by atoms with E-state index >= 15 is 0 Å². The number of hydrogen-bond donors (Lipinski definition) is 3. The van der Waals surface area contributed by atoms with E-state index in [-0.39, 0.29) is 16.5 Å². The second-order valence-corrected chi connectivity index (χ2v) is 7.47. The first-order valence-corrected chi connectivity index (χ1v) is 9.30. The SMILES string of the molecule is N#Cc1c(C(F)(F)P(O)O)sc2ccc(C(=O)Nc3ccccc3)cc12. The summed E-state index contributed by atoms with van der Waals surface area (Å²) in [5.41, 5.74) is -3.51. The number of para-hydroxylation sites is 1. The molecule has 3 rings (SSSR count). The van der Waals surface area contributed by atoms with Gasteiger partial charge in [-0.1, -0.05) is 18.2 Å². The fourth-order valence-corrected chi connectivity index (χ4v) is 4.06. The third-order valence-corrected chi connectivity index (χ3v) is 5.74. The number of nitrogens with one attached hydrogen (secondary N) is 1. The van der Waals surface area contributed by atoms with Crippen molar-refractivity contribution in [2.75, 3.05) is 5.32 Å². The van der Waals surface area contributed by atoms with Gasteiger partial charge in [-0.15, -0.1) is 11.3 Å². The van der Waals surface area contributed by atoms with Crippen molar-refractivity contribution >= 4 is 41.4 Å². The quantitative estimate of drug-likeness (QED) is 0.575. The number of thiophene rings is 1. The number of carbonyl (C=O) groups excluding carboxylic acids is 1. The monoisotopic (exact) mass is 392 g/mol. The van der Waals surface area contributed by atoms with Crippen molar-refractivity contribution in [1.82, 2.24) is 0 Å². The summed E-state index contributed by atoms with van der Waals surface area (Å²) in [5.74, 6) is -0.451. The molecule has 26 heavy (non-hydrogen) atoms.